The number of nitrogens with zero attached hydrogens (tertiary/aromatic N) is 1. The number of amides is 5. The molecule has 1 saturated heterocycles. The zero-order valence-corrected chi connectivity index (χ0v) is 21.4. The Hall–Kier alpha value is -3.63. The highest BCUT2D eigenvalue weighted by Gasteiger charge is 2.26. The number of thiophene rings is 1. The van der Waals surface area contributed by atoms with Gasteiger partial charge in [-0.15, -0.1) is 11.3 Å². The molecule has 5 amide bonds. The van der Waals surface area contributed by atoms with Crippen molar-refractivity contribution in [1.82, 2.24) is 16.0 Å². The van der Waals surface area contributed by atoms with Crippen molar-refractivity contribution in [1.29, 1.82) is 0 Å². The minimum atomic E-state index is -3.25. The lowest BCUT2D eigenvalue weighted by atomic mass is 10.2. The van der Waals surface area contributed by atoms with Crippen molar-refractivity contribution in [2.45, 2.75) is 19.1 Å². The summed E-state index contributed by atoms with van der Waals surface area (Å²) in [6.07, 6.45) is -2.85. The summed E-state index contributed by atoms with van der Waals surface area (Å²) in [7, 11) is 0. The molecule has 0 spiro atoms. The van der Waals surface area contributed by atoms with Gasteiger partial charge in [0.25, 0.3) is 18.2 Å². The van der Waals surface area contributed by atoms with E-state index in [9.17, 15) is 36.7 Å². The van der Waals surface area contributed by atoms with Crippen molar-refractivity contribution in [2.75, 3.05) is 43.1 Å². The van der Waals surface area contributed by atoms with Gasteiger partial charge in [-0.2, -0.15) is 8.78 Å². The number of hydrogen-bond acceptors (Lipinski definition) is 7. The predicted molar refractivity (Wildman–Crippen MR) is 133 cm³/mol. The molecule has 17 heteroatoms. The predicted octanol–water partition coefficient (Wildman–Crippen LogP) is 2.67. The van der Waals surface area contributed by atoms with Crippen LogP contribution in [-0.2, 0) is 14.3 Å². The second-order valence-electron chi connectivity index (χ2n) is 7.76. The van der Waals surface area contributed by atoms with Crippen molar-refractivity contribution >= 4 is 58.1 Å². The fourth-order valence-electron chi connectivity index (χ4n) is 3.31. The molecule has 1 aromatic heterocycles. The lowest BCUT2D eigenvalue weighted by Gasteiger charge is -2.28. The lowest BCUT2D eigenvalue weighted by molar-refractivity contribution is -0.125. The van der Waals surface area contributed by atoms with Gasteiger partial charge >= 0.3 is 12.6 Å². The molecule has 2 heterocycles. The van der Waals surface area contributed by atoms with Gasteiger partial charge in [0.15, 0.2) is 5.75 Å². The van der Waals surface area contributed by atoms with Gasteiger partial charge in [-0.3, -0.25) is 14.4 Å². The van der Waals surface area contributed by atoms with Crippen LogP contribution in [0.3, 0.4) is 0 Å². The zero-order valence-electron chi connectivity index (χ0n) is 19.8. The third-order valence-electron chi connectivity index (χ3n) is 5.02. The number of rotatable bonds is 11. The highest BCUT2D eigenvalue weighted by molar-refractivity contribution is 7.18. The maximum atomic E-state index is 13.1. The summed E-state index contributed by atoms with van der Waals surface area (Å²) in [5, 5.41) is 8.85. The maximum Gasteiger partial charge on any atom is 0.387 e. The third kappa shape index (κ3) is 8.97. The topological polar surface area (TPSA) is 138 Å². The van der Waals surface area contributed by atoms with E-state index in [1.54, 1.807) is 0 Å². The smallest absolute Gasteiger partial charge is 0.387 e. The number of nitrogens with one attached hydrogen (secondary N) is 4. The molecule has 39 heavy (non-hydrogen) atoms. The van der Waals surface area contributed by atoms with Gasteiger partial charge in [0.1, 0.15) is 12.6 Å². The first-order chi connectivity index (χ1) is 18.5. The normalized spacial score (nSPS) is 14.2. The number of carbonyl (C=O) groups is 4. The van der Waals surface area contributed by atoms with Crippen LogP contribution in [0.2, 0.25) is 4.34 Å². The summed E-state index contributed by atoms with van der Waals surface area (Å²) in [6, 6.07) is 3.93. The molecule has 0 unspecified atom stereocenters. The molecular formula is C22H22ClF4N5O6S. The number of ether oxygens (including phenoxy) is 2. The minimum absolute atomic E-state index is 0.0181. The van der Waals surface area contributed by atoms with E-state index in [2.05, 4.69) is 20.7 Å². The van der Waals surface area contributed by atoms with E-state index in [-0.39, 0.29) is 36.0 Å². The molecule has 0 radical (unpaired) electrons. The first kappa shape index (κ1) is 29.9. The van der Waals surface area contributed by atoms with E-state index >= 15 is 0 Å². The van der Waals surface area contributed by atoms with Gasteiger partial charge < -0.3 is 35.6 Å². The number of halogens is 5. The van der Waals surface area contributed by atoms with Crippen LogP contribution in [0.25, 0.3) is 0 Å². The Morgan fingerprint density at radius 1 is 1.10 bits per heavy atom. The first-order valence-electron chi connectivity index (χ1n) is 11.2. The summed E-state index contributed by atoms with van der Waals surface area (Å²) < 4.78 is 61.0. The second-order valence-corrected chi connectivity index (χ2v) is 9.48. The average Bonchev–Trinajstić information content (AvgIpc) is 3.32. The van der Waals surface area contributed by atoms with E-state index in [4.69, 9.17) is 16.3 Å². The molecule has 1 aliphatic rings. The van der Waals surface area contributed by atoms with E-state index in [0.29, 0.717) is 4.34 Å². The zero-order chi connectivity index (χ0) is 28.5. The van der Waals surface area contributed by atoms with Crippen LogP contribution < -0.4 is 30.9 Å². The molecular weight excluding hydrogens is 574 g/mol. The molecule has 1 fully saturated rings. The molecule has 1 atom stereocenters. The van der Waals surface area contributed by atoms with E-state index in [1.165, 1.54) is 29.2 Å². The SMILES string of the molecule is O=C(NCC(F)F)N[C@@H](CNC(=O)c1ccc(Cl)s1)C(=O)Nc1ccc(N2CCOCC2=O)c(OC(F)F)c1. The largest absolute Gasteiger partial charge is 0.433 e. The summed E-state index contributed by atoms with van der Waals surface area (Å²) in [4.78, 5) is 50.9. The van der Waals surface area contributed by atoms with E-state index in [0.717, 1.165) is 17.4 Å². The van der Waals surface area contributed by atoms with Gasteiger partial charge in [0.05, 0.1) is 28.1 Å². The van der Waals surface area contributed by atoms with Crippen molar-refractivity contribution in [3.63, 3.8) is 0 Å². The number of carbonyl (C=O) groups excluding carboxylic acids is 4. The fraction of sp³-hybridized carbons (Fsp3) is 0.364. The highest BCUT2D eigenvalue weighted by atomic mass is 35.5. The Bertz CT molecular complexity index is 1200. The Kier molecular flexibility index (Phi) is 10.7. The van der Waals surface area contributed by atoms with Crippen LogP contribution in [0.4, 0.5) is 33.7 Å². The standard InChI is InChI=1S/C22H22ClF4N5O6S/c23-16-4-3-15(39-16)20(35)28-8-12(31-22(36)29-9-17(24)25)19(34)30-11-1-2-13(14(7-11)38-21(26)27)32-5-6-37-10-18(32)33/h1-4,7,12,17,21H,5-6,8-10H2,(H,28,35)(H,30,34)(H2,29,31,36)/t12-/m0/s1. The molecule has 3 rings (SSSR count). The Labute approximate surface area is 227 Å². The first-order valence-corrected chi connectivity index (χ1v) is 12.4. The van der Waals surface area contributed by atoms with Crippen LogP contribution in [0, 0.1) is 0 Å². The number of alkyl halides is 4. The van der Waals surface area contributed by atoms with Crippen LogP contribution in [-0.4, -0.2) is 75.7 Å². The molecule has 4 N–H and O–H groups in total. The molecule has 1 aliphatic heterocycles. The molecule has 0 aliphatic carbocycles. The molecule has 11 nitrogen and oxygen atoms in total. The summed E-state index contributed by atoms with van der Waals surface area (Å²) >= 11 is 6.77. The van der Waals surface area contributed by atoms with Gasteiger partial charge in [-0.05, 0) is 24.3 Å². The quantitative estimate of drug-likeness (QED) is 0.295. The van der Waals surface area contributed by atoms with Crippen LogP contribution >= 0.6 is 22.9 Å². The number of urea groups is 1. The third-order valence-corrected chi connectivity index (χ3v) is 6.25. The van der Waals surface area contributed by atoms with Crippen molar-refractivity contribution in [2.24, 2.45) is 0 Å². The monoisotopic (exact) mass is 595 g/mol. The molecule has 0 bridgehead atoms. The summed E-state index contributed by atoms with van der Waals surface area (Å²) in [6.45, 7) is -4.71. The molecule has 1 aromatic carbocycles. The van der Waals surface area contributed by atoms with Gasteiger partial charge in [0.2, 0.25) is 5.91 Å². The highest BCUT2D eigenvalue weighted by Crippen LogP contribution is 2.33. The summed E-state index contributed by atoms with van der Waals surface area (Å²) in [5.74, 6) is -2.45. The van der Waals surface area contributed by atoms with Crippen LogP contribution in [0.5, 0.6) is 5.75 Å². The fourth-order valence-corrected chi connectivity index (χ4v) is 4.27. The van der Waals surface area contributed by atoms with Gasteiger partial charge in [0, 0.05) is 24.8 Å². The number of anilines is 2. The number of hydrogen-bond donors (Lipinski definition) is 4. The Morgan fingerprint density at radius 2 is 1.87 bits per heavy atom. The number of morpholine rings is 1. The Balaban J connectivity index is 1.77. The van der Waals surface area contributed by atoms with Crippen LogP contribution in [0.1, 0.15) is 9.67 Å². The van der Waals surface area contributed by atoms with E-state index < -0.39 is 61.7 Å². The molecule has 0 saturated carbocycles. The minimum Gasteiger partial charge on any atom is -0.433 e. The van der Waals surface area contributed by atoms with Crippen molar-refractivity contribution < 1.29 is 46.2 Å². The van der Waals surface area contributed by atoms with Gasteiger partial charge in [-0.1, -0.05) is 11.6 Å². The number of benzene rings is 1. The average molecular weight is 596 g/mol. The second kappa shape index (κ2) is 14.0. The van der Waals surface area contributed by atoms with E-state index in [1.807, 2.05) is 5.32 Å². The van der Waals surface area contributed by atoms with Crippen LogP contribution in [0.15, 0.2) is 30.3 Å². The van der Waals surface area contributed by atoms with Crippen molar-refractivity contribution in [3.05, 3.63) is 39.5 Å². The van der Waals surface area contributed by atoms with Crippen molar-refractivity contribution in [3.8, 4) is 5.75 Å². The molecule has 2 aromatic rings. The van der Waals surface area contributed by atoms with Gasteiger partial charge in [-0.25, -0.2) is 13.6 Å². The summed E-state index contributed by atoms with van der Waals surface area (Å²) in [5.41, 5.74) is -0.0409. The molecule has 212 valence electrons. The lowest BCUT2D eigenvalue weighted by Crippen LogP contribution is -2.53. The Morgan fingerprint density at radius 3 is 2.51 bits per heavy atom. The maximum absolute atomic E-state index is 13.1.